The summed E-state index contributed by atoms with van der Waals surface area (Å²) in [6.45, 7) is 18.3. The van der Waals surface area contributed by atoms with Gasteiger partial charge in [0.25, 0.3) is 0 Å². The number of likely N-dealkylation sites (N-methyl/N-ethyl adjacent to an activating group) is 1. The van der Waals surface area contributed by atoms with Gasteiger partial charge in [-0.25, -0.2) is 0 Å². The van der Waals surface area contributed by atoms with E-state index in [0.29, 0.717) is 11.5 Å². The minimum absolute atomic E-state index is 0.624. The van der Waals surface area contributed by atoms with Crippen molar-refractivity contribution in [1.29, 1.82) is 0 Å². The molecule has 0 spiro atoms. The van der Waals surface area contributed by atoms with E-state index in [2.05, 4.69) is 49.4 Å². The number of piperazine rings is 1. The van der Waals surface area contributed by atoms with E-state index in [-0.39, 0.29) is 0 Å². The van der Waals surface area contributed by atoms with Crippen molar-refractivity contribution in [3.05, 3.63) is 0 Å². The summed E-state index contributed by atoms with van der Waals surface area (Å²) in [5.74, 6) is 0.965. The van der Waals surface area contributed by atoms with Gasteiger partial charge in [0.2, 0.25) is 0 Å². The van der Waals surface area contributed by atoms with E-state index in [1.165, 1.54) is 65.1 Å². The van der Waals surface area contributed by atoms with Gasteiger partial charge in [0.15, 0.2) is 0 Å². The number of hydrogen-bond donors (Lipinski definition) is 0. The molecule has 0 N–H and O–H groups in total. The molecule has 0 radical (unpaired) electrons. The highest BCUT2D eigenvalue weighted by Crippen LogP contribution is 2.48. The molecule has 1 saturated heterocycles. The number of nitrogens with zero attached hydrogens (tertiary/aromatic N) is 3. The SMILES string of the molecule is CCN1CCN(CC2CC(C)(CCN(C)C(C)C)C2)CC1. The molecule has 0 unspecified atom stereocenters. The topological polar surface area (TPSA) is 9.72 Å². The van der Waals surface area contributed by atoms with Crippen molar-refractivity contribution in [1.82, 2.24) is 14.7 Å². The highest BCUT2D eigenvalue weighted by atomic mass is 15.3. The molecule has 0 atom stereocenters. The summed E-state index contributed by atoms with van der Waals surface area (Å²) in [6, 6.07) is 0.680. The summed E-state index contributed by atoms with van der Waals surface area (Å²) in [5, 5.41) is 0. The van der Waals surface area contributed by atoms with Crippen molar-refractivity contribution >= 4 is 0 Å². The van der Waals surface area contributed by atoms with Crippen LogP contribution in [0.25, 0.3) is 0 Å². The van der Waals surface area contributed by atoms with Crippen LogP contribution < -0.4 is 0 Å². The Morgan fingerprint density at radius 2 is 1.67 bits per heavy atom. The van der Waals surface area contributed by atoms with Crippen LogP contribution in [0.3, 0.4) is 0 Å². The van der Waals surface area contributed by atoms with Crippen LogP contribution in [0, 0.1) is 11.3 Å². The van der Waals surface area contributed by atoms with E-state index in [1.54, 1.807) is 0 Å². The lowest BCUT2D eigenvalue weighted by Gasteiger charge is -2.48. The average molecular weight is 296 g/mol. The van der Waals surface area contributed by atoms with E-state index >= 15 is 0 Å². The van der Waals surface area contributed by atoms with Crippen molar-refractivity contribution < 1.29 is 0 Å². The lowest BCUT2D eigenvalue weighted by atomic mass is 9.61. The molecule has 1 saturated carbocycles. The maximum atomic E-state index is 2.71. The van der Waals surface area contributed by atoms with Crippen molar-refractivity contribution in [2.75, 3.05) is 52.9 Å². The predicted molar refractivity (Wildman–Crippen MR) is 91.8 cm³/mol. The van der Waals surface area contributed by atoms with Gasteiger partial charge in [0.1, 0.15) is 0 Å². The lowest BCUT2D eigenvalue weighted by molar-refractivity contribution is 0.0169. The normalized spacial score (nSPS) is 31.9. The van der Waals surface area contributed by atoms with Gasteiger partial charge in [-0.2, -0.15) is 0 Å². The zero-order chi connectivity index (χ0) is 15.5. The van der Waals surface area contributed by atoms with E-state index in [9.17, 15) is 0 Å². The summed E-state index contributed by atoms with van der Waals surface area (Å²) in [5.41, 5.74) is 0.624. The lowest BCUT2D eigenvalue weighted by Crippen LogP contribution is -2.50. The van der Waals surface area contributed by atoms with Gasteiger partial charge in [-0.1, -0.05) is 13.8 Å². The minimum Gasteiger partial charge on any atom is -0.304 e. The maximum Gasteiger partial charge on any atom is 0.0110 e. The second-order valence-electron chi connectivity index (χ2n) is 8.14. The third-order valence-corrected chi connectivity index (χ3v) is 5.94. The maximum absolute atomic E-state index is 2.71. The highest BCUT2D eigenvalue weighted by molar-refractivity contribution is 4.92. The molecular formula is C18H37N3. The van der Waals surface area contributed by atoms with Crippen LogP contribution in [0.15, 0.2) is 0 Å². The Morgan fingerprint density at radius 3 is 2.19 bits per heavy atom. The molecule has 0 amide bonds. The Balaban J connectivity index is 1.62. The summed E-state index contributed by atoms with van der Waals surface area (Å²) < 4.78 is 0. The Kier molecular flexibility index (Phi) is 6.10. The molecule has 2 rings (SSSR count). The van der Waals surface area contributed by atoms with Gasteiger partial charge < -0.3 is 14.7 Å². The highest BCUT2D eigenvalue weighted by Gasteiger charge is 2.40. The molecule has 3 nitrogen and oxygen atoms in total. The summed E-state index contributed by atoms with van der Waals surface area (Å²) in [4.78, 5) is 7.77. The third-order valence-electron chi connectivity index (χ3n) is 5.94. The number of hydrogen-bond acceptors (Lipinski definition) is 3. The smallest absolute Gasteiger partial charge is 0.0110 e. The summed E-state index contributed by atoms with van der Waals surface area (Å²) >= 11 is 0. The Hall–Kier alpha value is -0.120. The average Bonchev–Trinajstić information content (AvgIpc) is 2.43. The molecule has 21 heavy (non-hydrogen) atoms. The van der Waals surface area contributed by atoms with Gasteiger partial charge in [-0.15, -0.1) is 0 Å². The van der Waals surface area contributed by atoms with E-state index < -0.39 is 0 Å². The fourth-order valence-electron chi connectivity index (χ4n) is 4.02. The summed E-state index contributed by atoms with van der Waals surface area (Å²) in [7, 11) is 2.26. The Morgan fingerprint density at radius 1 is 1.10 bits per heavy atom. The van der Waals surface area contributed by atoms with Gasteiger partial charge >= 0.3 is 0 Å². The second kappa shape index (κ2) is 7.43. The molecule has 0 bridgehead atoms. The third kappa shape index (κ3) is 4.94. The van der Waals surface area contributed by atoms with Gasteiger partial charge in [-0.3, -0.25) is 0 Å². The summed E-state index contributed by atoms with van der Waals surface area (Å²) in [6.07, 6.45) is 4.28. The molecule has 0 aromatic rings. The predicted octanol–water partition coefficient (Wildman–Crippen LogP) is 2.77. The van der Waals surface area contributed by atoms with Crippen LogP contribution in [-0.4, -0.2) is 73.6 Å². The van der Waals surface area contributed by atoms with E-state index in [0.717, 1.165) is 5.92 Å². The fourth-order valence-corrected chi connectivity index (χ4v) is 4.02. The molecule has 2 fully saturated rings. The van der Waals surface area contributed by atoms with Crippen LogP contribution in [0.4, 0.5) is 0 Å². The van der Waals surface area contributed by atoms with E-state index in [4.69, 9.17) is 0 Å². The number of rotatable bonds is 7. The molecule has 1 aliphatic carbocycles. The van der Waals surface area contributed by atoms with Gasteiger partial charge in [0, 0.05) is 38.8 Å². The minimum atomic E-state index is 0.624. The van der Waals surface area contributed by atoms with Gasteiger partial charge in [0.05, 0.1) is 0 Å². The molecular weight excluding hydrogens is 258 g/mol. The monoisotopic (exact) mass is 295 g/mol. The molecule has 2 aliphatic rings. The van der Waals surface area contributed by atoms with Crippen LogP contribution in [0.2, 0.25) is 0 Å². The van der Waals surface area contributed by atoms with Crippen molar-refractivity contribution in [3.8, 4) is 0 Å². The molecule has 3 heteroatoms. The van der Waals surface area contributed by atoms with Crippen LogP contribution in [-0.2, 0) is 0 Å². The molecule has 0 aromatic heterocycles. The first-order chi connectivity index (χ1) is 9.92. The van der Waals surface area contributed by atoms with Gasteiger partial charge in [-0.05, 0) is 64.6 Å². The zero-order valence-electron chi connectivity index (χ0n) is 15.1. The van der Waals surface area contributed by atoms with E-state index in [1.807, 2.05) is 0 Å². The molecule has 124 valence electrons. The Labute approximate surface area is 132 Å². The van der Waals surface area contributed by atoms with Crippen LogP contribution >= 0.6 is 0 Å². The first kappa shape index (κ1) is 17.2. The molecule has 0 aromatic carbocycles. The standard InChI is InChI=1S/C18H37N3/c1-6-20-9-11-21(12-10-20)15-17-13-18(4,14-17)7-8-19(5)16(2)3/h16-17H,6-15H2,1-5H3. The molecule has 1 heterocycles. The quantitative estimate of drug-likeness (QED) is 0.715. The van der Waals surface area contributed by atoms with Crippen molar-refractivity contribution in [2.24, 2.45) is 11.3 Å². The zero-order valence-corrected chi connectivity index (χ0v) is 15.1. The largest absolute Gasteiger partial charge is 0.304 e. The van der Waals surface area contributed by atoms with Crippen molar-refractivity contribution in [3.63, 3.8) is 0 Å². The first-order valence-electron chi connectivity index (χ1n) is 9.07. The van der Waals surface area contributed by atoms with Crippen LogP contribution in [0.1, 0.15) is 47.0 Å². The van der Waals surface area contributed by atoms with Crippen LogP contribution in [0.5, 0.6) is 0 Å². The first-order valence-corrected chi connectivity index (χ1v) is 9.07. The Bertz CT molecular complexity index is 302. The second-order valence-corrected chi connectivity index (χ2v) is 8.14. The van der Waals surface area contributed by atoms with Crippen molar-refractivity contribution in [2.45, 2.75) is 53.0 Å². The molecule has 1 aliphatic heterocycles. The fraction of sp³-hybridized carbons (Fsp3) is 1.00.